The van der Waals surface area contributed by atoms with Crippen LogP contribution in [0.3, 0.4) is 0 Å². The van der Waals surface area contributed by atoms with Gasteiger partial charge in [0, 0.05) is 34.1 Å². The lowest BCUT2D eigenvalue weighted by Gasteiger charge is -2.34. The molecule has 3 N–H and O–H groups in total. The molecule has 1 aromatic rings. The molecule has 6 heteroatoms. The summed E-state index contributed by atoms with van der Waals surface area (Å²) in [5.74, 6) is 6.81. The molecule has 0 amide bonds. The van der Waals surface area contributed by atoms with E-state index in [0.717, 1.165) is 17.6 Å². The molecule has 3 unspecified atom stereocenters. The highest BCUT2D eigenvalue weighted by Crippen LogP contribution is 2.34. The molecule has 0 spiro atoms. The van der Waals surface area contributed by atoms with Gasteiger partial charge in [0.15, 0.2) is 0 Å². The van der Waals surface area contributed by atoms with Gasteiger partial charge in [0.25, 0.3) is 0 Å². The van der Waals surface area contributed by atoms with Crippen LogP contribution in [0.15, 0.2) is 18.2 Å². The summed E-state index contributed by atoms with van der Waals surface area (Å²) in [4.78, 5) is 0. The Bertz CT molecular complexity index is 431. The summed E-state index contributed by atoms with van der Waals surface area (Å²) in [6.07, 6.45) is 0.477. The molecule has 0 aromatic heterocycles. The lowest BCUT2D eigenvalue weighted by molar-refractivity contribution is 0.486. The monoisotopic (exact) mass is 304 g/mol. The second-order valence-corrected chi connectivity index (χ2v) is 7.40. The summed E-state index contributed by atoms with van der Waals surface area (Å²) in [7, 11) is 0. The number of hydrogen-bond acceptors (Lipinski definition) is 4. The number of hydrazine groups is 1. The number of hydrogen-bond donors (Lipinski definition) is 2. The molecule has 19 heavy (non-hydrogen) atoms. The minimum absolute atomic E-state index is 0.00670. The highest BCUT2D eigenvalue weighted by Gasteiger charge is 2.30. The number of benzene rings is 1. The third kappa shape index (κ3) is 3.84. The fourth-order valence-electron chi connectivity index (χ4n) is 2.29. The van der Waals surface area contributed by atoms with Crippen molar-refractivity contribution < 1.29 is 8.78 Å². The van der Waals surface area contributed by atoms with E-state index in [0.29, 0.717) is 22.5 Å². The molecule has 1 aliphatic heterocycles. The Hall–Kier alpha value is -0.300. The zero-order valence-corrected chi connectivity index (χ0v) is 12.4. The Morgan fingerprint density at radius 1 is 1.37 bits per heavy atom. The minimum atomic E-state index is -0.547. The van der Waals surface area contributed by atoms with Crippen LogP contribution in [0.2, 0.25) is 0 Å². The summed E-state index contributed by atoms with van der Waals surface area (Å²) < 4.78 is 26.6. The molecule has 0 saturated carbocycles. The van der Waals surface area contributed by atoms with E-state index >= 15 is 0 Å². The van der Waals surface area contributed by atoms with Crippen molar-refractivity contribution >= 4 is 23.5 Å². The molecule has 2 rings (SSSR count). The molecule has 1 aromatic carbocycles. The first kappa shape index (κ1) is 15.1. The van der Waals surface area contributed by atoms with Crippen LogP contribution in [0.5, 0.6) is 0 Å². The van der Waals surface area contributed by atoms with Crippen LogP contribution in [0.1, 0.15) is 12.5 Å². The van der Waals surface area contributed by atoms with Gasteiger partial charge in [-0.05, 0) is 18.1 Å². The van der Waals surface area contributed by atoms with Crippen LogP contribution in [0.25, 0.3) is 0 Å². The maximum atomic E-state index is 13.7. The van der Waals surface area contributed by atoms with E-state index in [-0.39, 0.29) is 6.04 Å². The van der Waals surface area contributed by atoms with E-state index in [4.69, 9.17) is 5.84 Å². The summed E-state index contributed by atoms with van der Waals surface area (Å²) in [6, 6.07) is 3.71. The van der Waals surface area contributed by atoms with Gasteiger partial charge >= 0.3 is 0 Å². The Labute approximate surface area is 120 Å². The van der Waals surface area contributed by atoms with E-state index < -0.39 is 11.6 Å². The Morgan fingerprint density at radius 3 is 2.74 bits per heavy atom. The summed E-state index contributed by atoms with van der Waals surface area (Å²) in [5, 5.41) is 0.816. The van der Waals surface area contributed by atoms with Gasteiger partial charge in [0.05, 0.1) is 0 Å². The fourth-order valence-corrected chi connectivity index (χ4v) is 5.23. The van der Waals surface area contributed by atoms with Crippen molar-refractivity contribution in [1.82, 2.24) is 5.43 Å². The lowest BCUT2D eigenvalue weighted by atomic mass is 10.0. The second-order valence-electron chi connectivity index (χ2n) is 4.62. The maximum absolute atomic E-state index is 13.7. The lowest BCUT2D eigenvalue weighted by Crippen LogP contribution is -2.48. The molecule has 0 radical (unpaired) electrons. The van der Waals surface area contributed by atoms with Gasteiger partial charge in [0.1, 0.15) is 11.6 Å². The van der Waals surface area contributed by atoms with Gasteiger partial charge in [-0.3, -0.25) is 11.3 Å². The van der Waals surface area contributed by atoms with Gasteiger partial charge in [-0.2, -0.15) is 23.5 Å². The van der Waals surface area contributed by atoms with Crippen molar-refractivity contribution in [3.05, 3.63) is 35.4 Å². The SMILES string of the molecule is CC1SCCSC1C(Cc1ccc(F)cc1F)NN. The van der Waals surface area contributed by atoms with E-state index in [2.05, 4.69) is 12.3 Å². The van der Waals surface area contributed by atoms with E-state index in [1.54, 1.807) is 0 Å². The molecular weight excluding hydrogens is 286 g/mol. The van der Waals surface area contributed by atoms with Crippen LogP contribution in [0, 0.1) is 11.6 Å². The Kier molecular flexibility index (Phi) is 5.50. The number of thioether (sulfide) groups is 2. The molecule has 0 bridgehead atoms. The number of rotatable bonds is 4. The van der Waals surface area contributed by atoms with Crippen LogP contribution in [-0.2, 0) is 6.42 Å². The summed E-state index contributed by atoms with van der Waals surface area (Å²) in [5.41, 5.74) is 3.31. The molecule has 1 heterocycles. The van der Waals surface area contributed by atoms with Gasteiger partial charge in [-0.25, -0.2) is 8.78 Å². The van der Waals surface area contributed by atoms with Crippen LogP contribution < -0.4 is 11.3 Å². The molecule has 2 nitrogen and oxygen atoms in total. The highest BCUT2D eigenvalue weighted by atomic mass is 32.2. The maximum Gasteiger partial charge on any atom is 0.129 e. The molecule has 0 aliphatic carbocycles. The standard InChI is InChI=1S/C13H18F2N2S2/c1-8-13(19-5-4-18-8)12(17-16)6-9-2-3-10(14)7-11(9)15/h2-3,7-8,12-13,17H,4-6,16H2,1H3. The largest absolute Gasteiger partial charge is 0.271 e. The topological polar surface area (TPSA) is 38.0 Å². The molecular formula is C13H18F2N2S2. The average Bonchev–Trinajstić information content (AvgIpc) is 2.39. The second kappa shape index (κ2) is 6.92. The molecule has 1 saturated heterocycles. The zero-order valence-electron chi connectivity index (χ0n) is 10.7. The van der Waals surface area contributed by atoms with Gasteiger partial charge < -0.3 is 0 Å². The van der Waals surface area contributed by atoms with Crippen molar-refractivity contribution in [2.45, 2.75) is 29.9 Å². The van der Waals surface area contributed by atoms with Crippen molar-refractivity contribution in [2.75, 3.05) is 11.5 Å². The molecule has 106 valence electrons. The predicted molar refractivity (Wildman–Crippen MR) is 79.3 cm³/mol. The molecule has 3 atom stereocenters. The fraction of sp³-hybridized carbons (Fsp3) is 0.538. The average molecular weight is 304 g/mol. The highest BCUT2D eigenvalue weighted by molar-refractivity contribution is 8.07. The minimum Gasteiger partial charge on any atom is -0.271 e. The van der Waals surface area contributed by atoms with E-state index in [1.807, 2.05) is 23.5 Å². The summed E-state index contributed by atoms with van der Waals surface area (Å²) in [6.45, 7) is 2.17. The van der Waals surface area contributed by atoms with E-state index in [9.17, 15) is 8.78 Å². The van der Waals surface area contributed by atoms with Crippen LogP contribution >= 0.6 is 23.5 Å². The third-order valence-electron chi connectivity index (χ3n) is 3.30. The predicted octanol–water partition coefficient (Wildman–Crippen LogP) is 2.58. The first-order valence-corrected chi connectivity index (χ1v) is 8.35. The molecule has 1 aliphatic rings. The van der Waals surface area contributed by atoms with Crippen molar-refractivity contribution in [2.24, 2.45) is 5.84 Å². The van der Waals surface area contributed by atoms with Crippen LogP contribution in [-0.4, -0.2) is 28.0 Å². The number of nitrogens with two attached hydrogens (primary N) is 1. The Morgan fingerprint density at radius 2 is 2.11 bits per heavy atom. The summed E-state index contributed by atoms with van der Waals surface area (Å²) >= 11 is 3.79. The van der Waals surface area contributed by atoms with Crippen molar-refractivity contribution in [3.8, 4) is 0 Å². The van der Waals surface area contributed by atoms with Crippen LogP contribution in [0.4, 0.5) is 8.78 Å². The van der Waals surface area contributed by atoms with Gasteiger partial charge in [-0.1, -0.05) is 13.0 Å². The molecule has 1 fully saturated rings. The zero-order chi connectivity index (χ0) is 13.8. The first-order valence-electron chi connectivity index (χ1n) is 6.25. The first-order chi connectivity index (χ1) is 9.11. The van der Waals surface area contributed by atoms with E-state index in [1.165, 1.54) is 12.1 Å². The quantitative estimate of drug-likeness (QED) is 0.662. The van der Waals surface area contributed by atoms with Crippen molar-refractivity contribution in [3.63, 3.8) is 0 Å². The van der Waals surface area contributed by atoms with Gasteiger partial charge in [0.2, 0.25) is 0 Å². The smallest absolute Gasteiger partial charge is 0.129 e. The number of nitrogens with one attached hydrogen (secondary N) is 1. The van der Waals surface area contributed by atoms with Crippen molar-refractivity contribution in [1.29, 1.82) is 0 Å². The third-order valence-corrected chi connectivity index (χ3v) is 6.55. The number of halogens is 2. The normalized spacial score (nSPS) is 25.3. The Balaban J connectivity index is 2.09. The van der Waals surface area contributed by atoms with Gasteiger partial charge in [-0.15, -0.1) is 0 Å².